The standard InChI is InChI=1S/C3H9IN2O2S3/c4-11(7,8)5-2-1-3-6(9)10/h5,9-10H,1-3H2. The first kappa shape index (κ1) is 12.3. The summed E-state index contributed by atoms with van der Waals surface area (Å²) in [7, 11) is -3.07. The molecule has 0 aromatic rings. The average molecular weight is 328 g/mol. The second-order valence-electron chi connectivity index (χ2n) is 1.78. The van der Waals surface area contributed by atoms with Gasteiger partial charge in [0.15, 0.2) is 0 Å². The van der Waals surface area contributed by atoms with E-state index in [-0.39, 0.29) is 0 Å². The third kappa shape index (κ3) is 11.3. The van der Waals surface area contributed by atoms with Crippen LogP contribution >= 0.6 is 46.8 Å². The van der Waals surface area contributed by atoms with Gasteiger partial charge >= 0.3 is 0 Å². The first-order chi connectivity index (χ1) is 4.92. The van der Waals surface area contributed by atoms with Gasteiger partial charge in [0, 0.05) is 13.1 Å². The van der Waals surface area contributed by atoms with Crippen molar-refractivity contribution in [3.8, 4) is 0 Å². The minimum absolute atomic E-state index is 0.420. The summed E-state index contributed by atoms with van der Waals surface area (Å²) in [4.78, 5) is 0. The summed E-state index contributed by atoms with van der Waals surface area (Å²) in [6, 6.07) is 0. The van der Waals surface area contributed by atoms with Crippen LogP contribution in [-0.2, 0) is 7.19 Å². The van der Waals surface area contributed by atoms with E-state index in [0.717, 1.165) is 0 Å². The molecule has 0 aliphatic carbocycles. The predicted octanol–water partition coefficient (Wildman–Crippen LogP) is 0.637. The van der Waals surface area contributed by atoms with Gasteiger partial charge in [-0.25, -0.2) is 13.1 Å². The van der Waals surface area contributed by atoms with Crippen molar-refractivity contribution in [3.05, 3.63) is 0 Å². The maximum atomic E-state index is 10.5. The first-order valence-corrected chi connectivity index (χ1v) is 7.59. The molecule has 0 amide bonds. The normalized spacial score (nSPS) is 12.4. The maximum Gasteiger partial charge on any atom is 0.265 e. The Bertz CT molecular complexity index is 193. The summed E-state index contributed by atoms with van der Waals surface area (Å²) in [5.74, 6) is 0. The van der Waals surface area contributed by atoms with Crippen LogP contribution in [0.4, 0.5) is 0 Å². The molecule has 4 nitrogen and oxygen atoms in total. The van der Waals surface area contributed by atoms with Gasteiger partial charge in [0.1, 0.15) is 0 Å². The summed E-state index contributed by atoms with van der Waals surface area (Å²) in [6.07, 6.45) is 0.690. The first-order valence-electron chi connectivity index (χ1n) is 2.76. The molecule has 0 aliphatic heterocycles. The molecule has 0 aromatic carbocycles. The Kier molecular flexibility index (Phi) is 6.56. The Morgan fingerprint density at radius 1 is 1.45 bits per heavy atom. The molecule has 0 aliphatic rings. The minimum Gasteiger partial charge on any atom is -0.207 e. The van der Waals surface area contributed by atoms with Crippen LogP contribution in [0.5, 0.6) is 0 Å². The third-order valence-corrected chi connectivity index (χ3v) is 2.69. The van der Waals surface area contributed by atoms with Crippen molar-refractivity contribution >= 4 is 54.0 Å². The summed E-state index contributed by atoms with van der Waals surface area (Å²) in [5, 5.41) is 0. The minimum atomic E-state index is -3.07. The van der Waals surface area contributed by atoms with E-state index in [0.29, 0.717) is 19.5 Å². The molecule has 0 aromatic heterocycles. The van der Waals surface area contributed by atoms with Crippen LogP contribution in [0.15, 0.2) is 0 Å². The van der Waals surface area contributed by atoms with Crippen molar-refractivity contribution in [2.75, 3.05) is 13.1 Å². The number of thiol groups is 2. The molecule has 0 saturated carbocycles. The van der Waals surface area contributed by atoms with Gasteiger partial charge < -0.3 is 0 Å². The van der Waals surface area contributed by atoms with Gasteiger partial charge in [-0.1, -0.05) is 25.6 Å². The van der Waals surface area contributed by atoms with E-state index >= 15 is 0 Å². The lowest BCUT2D eigenvalue weighted by molar-refractivity contribution is 0.592. The molecule has 0 heterocycles. The molecular weight excluding hydrogens is 319 g/mol. The van der Waals surface area contributed by atoms with E-state index in [9.17, 15) is 8.42 Å². The lowest BCUT2D eigenvalue weighted by Crippen LogP contribution is -2.20. The number of nitrogens with one attached hydrogen (secondary N) is 1. The second kappa shape index (κ2) is 5.86. The van der Waals surface area contributed by atoms with Gasteiger partial charge in [0.05, 0.1) is 21.2 Å². The third-order valence-electron chi connectivity index (χ3n) is 0.809. The number of hydrogen-bond donors (Lipinski definition) is 3. The molecule has 0 fully saturated rings. The van der Waals surface area contributed by atoms with Gasteiger partial charge in [-0.3, -0.25) is 0 Å². The van der Waals surface area contributed by atoms with Gasteiger partial charge in [-0.05, 0) is 6.42 Å². The molecule has 0 atom stereocenters. The van der Waals surface area contributed by atoms with Gasteiger partial charge in [-0.2, -0.15) is 3.71 Å². The highest BCUT2D eigenvalue weighted by Crippen LogP contribution is 1.99. The second-order valence-corrected chi connectivity index (χ2v) is 7.71. The Balaban J connectivity index is 3.30. The molecule has 0 saturated heterocycles. The van der Waals surface area contributed by atoms with Crippen molar-refractivity contribution in [1.29, 1.82) is 0 Å². The summed E-state index contributed by atoms with van der Waals surface area (Å²) < 4.78 is 24.7. The highest BCUT2D eigenvalue weighted by molar-refractivity contribution is 14.2. The molecule has 1 N–H and O–H groups in total. The van der Waals surface area contributed by atoms with Crippen molar-refractivity contribution in [2.24, 2.45) is 0 Å². The predicted molar refractivity (Wildman–Crippen MR) is 60.2 cm³/mol. The van der Waals surface area contributed by atoms with Crippen molar-refractivity contribution in [2.45, 2.75) is 6.42 Å². The summed E-state index contributed by atoms with van der Waals surface area (Å²) in [6.45, 7) is 1.05. The number of rotatable bonds is 5. The zero-order chi connectivity index (χ0) is 8.91. The van der Waals surface area contributed by atoms with Crippen LogP contribution in [-0.4, -0.2) is 25.2 Å². The van der Waals surface area contributed by atoms with Crippen LogP contribution in [0.2, 0.25) is 0 Å². The summed E-state index contributed by atoms with van der Waals surface area (Å²) >= 11 is 9.07. The van der Waals surface area contributed by atoms with Crippen LogP contribution in [0.1, 0.15) is 6.42 Å². The fourth-order valence-electron chi connectivity index (χ4n) is 0.415. The summed E-state index contributed by atoms with van der Waals surface area (Å²) in [5.41, 5.74) is 0. The molecule has 0 bridgehead atoms. The smallest absolute Gasteiger partial charge is 0.207 e. The van der Waals surface area contributed by atoms with Crippen LogP contribution in [0.3, 0.4) is 0 Å². The quantitative estimate of drug-likeness (QED) is 0.300. The van der Waals surface area contributed by atoms with Gasteiger partial charge in [0.2, 0.25) is 0 Å². The highest BCUT2D eigenvalue weighted by Gasteiger charge is 2.00. The molecule has 0 radical (unpaired) electrons. The van der Waals surface area contributed by atoms with Crippen LogP contribution in [0, 0.1) is 0 Å². The molecule has 68 valence electrons. The Hall–Kier alpha value is 1.30. The molecule has 0 rings (SSSR count). The highest BCUT2D eigenvalue weighted by atomic mass is 127. The van der Waals surface area contributed by atoms with Crippen LogP contribution in [0.25, 0.3) is 0 Å². The molecule has 8 heteroatoms. The molecule has 0 unspecified atom stereocenters. The van der Waals surface area contributed by atoms with E-state index < -0.39 is 7.19 Å². The lowest BCUT2D eigenvalue weighted by Gasteiger charge is -2.05. The Morgan fingerprint density at radius 3 is 2.36 bits per heavy atom. The Morgan fingerprint density at radius 2 is 2.00 bits per heavy atom. The topological polar surface area (TPSA) is 49.4 Å². The van der Waals surface area contributed by atoms with E-state index in [2.05, 4.69) is 30.4 Å². The van der Waals surface area contributed by atoms with Gasteiger partial charge in [-0.15, -0.1) is 0 Å². The van der Waals surface area contributed by atoms with Crippen molar-refractivity contribution < 1.29 is 8.42 Å². The number of nitrogens with zero attached hydrogens (tertiary/aromatic N) is 1. The zero-order valence-corrected chi connectivity index (χ0v) is 10.3. The van der Waals surface area contributed by atoms with Crippen LogP contribution < -0.4 is 4.72 Å². The van der Waals surface area contributed by atoms with E-state index in [1.165, 1.54) is 24.9 Å². The van der Waals surface area contributed by atoms with E-state index in [1.54, 1.807) is 0 Å². The SMILES string of the molecule is O=S(=O)(I)NCCCN(S)S. The largest absolute Gasteiger partial charge is 0.265 e. The van der Waals surface area contributed by atoms with Crippen molar-refractivity contribution in [1.82, 2.24) is 8.43 Å². The van der Waals surface area contributed by atoms with Gasteiger partial charge in [0.25, 0.3) is 7.19 Å². The molecular formula is C3H9IN2O2S3. The van der Waals surface area contributed by atoms with E-state index in [4.69, 9.17) is 0 Å². The Labute approximate surface area is 89.8 Å². The number of halogens is 1. The maximum absolute atomic E-state index is 10.5. The molecule has 11 heavy (non-hydrogen) atoms. The lowest BCUT2D eigenvalue weighted by atomic mass is 10.4. The molecule has 0 spiro atoms. The van der Waals surface area contributed by atoms with Crippen molar-refractivity contribution in [3.63, 3.8) is 0 Å². The number of hydrogen-bond acceptors (Lipinski definition) is 5. The fourth-order valence-corrected chi connectivity index (χ4v) is 1.75. The van der Waals surface area contributed by atoms with E-state index in [1.807, 2.05) is 0 Å². The monoisotopic (exact) mass is 328 g/mol. The average Bonchev–Trinajstić information content (AvgIpc) is 1.78. The fraction of sp³-hybridized carbons (Fsp3) is 1.00. The zero-order valence-electron chi connectivity index (χ0n) is 5.57.